The van der Waals surface area contributed by atoms with Crippen LogP contribution in [0.5, 0.6) is 5.75 Å². The highest BCUT2D eigenvalue weighted by Crippen LogP contribution is 2.29. The fourth-order valence-corrected chi connectivity index (χ4v) is 2.84. The van der Waals surface area contributed by atoms with Crippen LogP contribution in [-0.2, 0) is 6.61 Å². The van der Waals surface area contributed by atoms with Crippen LogP contribution in [0.15, 0.2) is 48.7 Å². The highest BCUT2D eigenvalue weighted by molar-refractivity contribution is 5.87. The first-order valence-corrected chi connectivity index (χ1v) is 7.54. The van der Waals surface area contributed by atoms with Crippen molar-refractivity contribution in [3.63, 3.8) is 0 Å². The molecule has 3 rings (SSSR count). The molecule has 0 N–H and O–H groups in total. The van der Waals surface area contributed by atoms with Gasteiger partial charge in [-0.25, -0.2) is 4.39 Å². The summed E-state index contributed by atoms with van der Waals surface area (Å²) in [6.45, 7) is 6.77. The van der Waals surface area contributed by atoms with E-state index in [0.717, 1.165) is 5.56 Å². The summed E-state index contributed by atoms with van der Waals surface area (Å²) in [5.41, 5.74) is 3.50. The van der Waals surface area contributed by atoms with Crippen LogP contribution in [0.3, 0.4) is 0 Å². The monoisotopic (exact) mass is 297 g/mol. The van der Waals surface area contributed by atoms with E-state index in [2.05, 4.69) is 49.7 Å². The number of fused-ring (bicyclic) bond motifs is 1. The van der Waals surface area contributed by atoms with Gasteiger partial charge in [0.25, 0.3) is 0 Å². The molecule has 0 saturated carbocycles. The number of ether oxygens (including phenoxy) is 1. The molecule has 0 aliphatic heterocycles. The Morgan fingerprint density at radius 3 is 2.59 bits per heavy atom. The van der Waals surface area contributed by atoms with Crippen molar-refractivity contribution in [3.8, 4) is 5.75 Å². The van der Waals surface area contributed by atoms with Crippen LogP contribution in [0.25, 0.3) is 10.9 Å². The molecule has 0 fully saturated rings. The van der Waals surface area contributed by atoms with Crippen LogP contribution >= 0.6 is 0 Å². The molecule has 1 aromatic heterocycles. The van der Waals surface area contributed by atoms with Gasteiger partial charge in [-0.05, 0) is 44.5 Å². The van der Waals surface area contributed by atoms with Crippen LogP contribution in [0.1, 0.15) is 31.0 Å². The number of benzene rings is 2. The third kappa shape index (κ3) is 2.59. The molecule has 0 bridgehead atoms. The molecule has 114 valence electrons. The van der Waals surface area contributed by atoms with Gasteiger partial charge in [-0.15, -0.1) is 0 Å². The van der Waals surface area contributed by atoms with E-state index in [1.807, 2.05) is 0 Å². The Hall–Kier alpha value is -2.29. The minimum atomic E-state index is -0.327. The highest BCUT2D eigenvalue weighted by atomic mass is 19.1. The molecule has 0 aliphatic rings. The first kappa shape index (κ1) is 14.6. The third-order valence-electron chi connectivity index (χ3n) is 3.92. The molecule has 0 radical (unpaired) electrons. The lowest BCUT2D eigenvalue weighted by atomic mass is 10.1. The number of para-hydroxylation sites is 1. The van der Waals surface area contributed by atoms with Gasteiger partial charge in [-0.3, -0.25) is 0 Å². The van der Waals surface area contributed by atoms with Crippen molar-refractivity contribution in [2.45, 2.75) is 33.4 Å². The second-order valence-corrected chi connectivity index (χ2v) is 5.84. The maximum absolute atomic E-state index is 13.7. The maximum Gasteiger partial charge on any atom is 0.165 e. The Labute approximate surface area is 130 Å². The van der Waals surface area contributed by atoms with Gasteiger partial charge in [0.15, 0.2) is 11.6 Å². The molecular formula is C19H20FNO. The molecule has 22 heavy (non-hydrogen) atoms. The molecule has 0 atom stereocenters. The van der Waals surface area contributed by atoms with E-state index >= 15 is 0 Å². The van der Waals surface area contributed by atoms with Crippen molar-refractivity contribution in [2.75, 3.05) is 0 Å². The van der Waals surface area contributed by atoms with E-state index in [4.69, 9.17) is 4.74 Å². The van der Waals surface area contributed by atoms with E-state index in [1.54, 1.807) is 18.2 Å². The lowest BCUT2D eigenvalue weighted by Gasteiger charge is -2.09. The van der Waals surface area contributed by atoms with Crippen LogP contribution in [-0.4, -0.2) is 4.57 Å². The van der Waals surface area contributed by atoms with E-state index in [9.17, 15) is 4.39 Å². The molecule has 2 nitrogen and oxygen atoms in total. The van der Waals surface area contributed by atoms with Crippen molar-refractivity contribution in [3.05, 3.63) is 65.6 Å². The maximum atomic E-state index is 13.7. The summed E-state index contributed by atoms with van der Waals surface area (Å²) in [7, 11) is 0. The Bertz CT molecular complexity index is 804. The zero-order chi connectivity index (χ0) is 15.7. The van der Waals surface area contributed by atoms with Crippen LogP contribution in [0, 0.1) is 12.7 Å². The number of aryl methyl sites for hydroxylation is 1. The van der Waals surface area contributed by atoms with E-state index in [1.165, 1.54) is 22.5 Å². The molecule has 2 aromatic carbocycles. The standard InChI is InChI=1S/C19H20FNO/c1-13(2)21-11-15(19-14(3)7-6-9-17(19)21)12-22-18-10-5-4-8-16(18)20/h4-11,13H,12H2,1-3H3. The fourth-order valence-electron chi connectivity index (χ4n) is 2.84. The predicted octanol–water partition coefficient (Wildman–Crippen LogP) is 5.25. The van der Waals surface area contributed by atoms with Gasteiger partial charge < -0.3 is 9.30 Å². The van der Waals surface area contributed by atoms with Gasteiger partial charge in [0.1, 0.15) is 6.61 Å². The average molecular weight is 297 g/mol. The van der Waals surface area contributed by atoms with Crippen LogP contribution in [0.2, 0.25) is 0 Å². The summed E-state index contributed by atoms with van der Waals surface area (Å²) in [6.07, 6.45) is 2.11. The van der Waals surface area contributed by atoms with Crippen molar-refractivity contribution in [2.24, 2.45) is 0 Å². The minimum absolute atomic E-state index is 0.293. The van der Waals surface area contributed by atoms with Crippen molar-refractivity contribution in [1.29, 1.82) is 0 Å². The average Bonchev–Trinajstić information content (AvgIpc) is 2.87. The minimum Gasteiger partial charge on any atom is -0.486 e. The van der Waals surface area contributed by atoms with E-state index in [-0.39, 0.29) is 5.82 Å². The first-order chi connectivity index (χ1) is 10.6. The smallest absolute Gasteiger partial charge is 0.165 e. The number of nitrogens with zero attached hydrogens (tertiary/aromatic N) is 1. The Morgan fingerprint density at radius 1 is 1.09 bits per heavy atom. The topological polar surface area (TPSA) is 14.2 Å². The first-order valence-electron chi connectivity index (χ1n) is 7.54. The summed E-state index contributed by atoms with van der Waals surface area (Å²) in [5.74, 6) is -0.0339. The lowest BCUT2D eigenvalue weighted by molar-refractivity contribution is 0.291. The van der Waals surface area contributed by atoms with Gasteiger partial charge in [0, 0.05) is 28.7 Å². The molecule has 3 heteroatoms. The summed E-state index contributed by atoms with van der Waals surface area (Å²) in [6, 6.07) is 13.2. The van der Waals surface area contributed by atoms with Gasteiger partial charge >= 0.3 is 0 Å². The molecule has 0 saturated heterocycles. The number of aromatic nitrogens is 1. The SMILES string of the molecule is Cc1cccc2c1c(COc1ccccc1F)cn2C(C)C. The molecule has 0 amide bonds. The molecular weight excluding hydrogens is 277 g/mol. The van der Waals surface area contributed by atoms with Gasteiger partial charge in [0.05, 0.1) is 0 Å². The Kier molecular flexibility index (Phi) is 3.88. The third-order valence-corrected chi connectivity index (χ3v) is 3.92. The van der Waals surface area contributed by atoms with Crippen molar-refractivity contribution in [1.82, 2.24) is 4.57 Å². The highest BCUT2D eigenvalue weighted by Gasteiger charge is 2.13. The summed E-state index contributed by atoms with van der Waals surface area (Å²) in [4.78, 5) is 0. The quantitative estimate of drug-likeness (QED) is 0.641. The molecule has 0 aliphatic carbocycles. The number of halogens is 1. The molecule has 0 unspecified atom stereocenters. The second-order valence-electron chi connectivity index (χ2n) is 5.84. The predicted molar refractivity (Wildman–Crippen MR) is 87.8 cm³/mol. The van der Waals surface area contributed by atoms with E-state index in [0.29, 0.717) is 18.4 Å². The van der Waals surface area contributed by atoms with Gasteiger partial charge in [-0.2, -0.15) is 0 Å². The Balaban J connectivity index is 1.99. The van der Waals surface area contributed by atoms with Crippen LogP contribution < -0.4 is 4.74 Å². The molecule has 3 aromatic rings. The van der Waals surface area contributed by atoms with Gasteiger partial charge in [-0.1, -0.05) is 24.3 Å². The second kappa shape index (κ2) is 5.84. The molecule has 1 heterocycles. The van der Waals surface area contributed by atoms with E-state index < -0.39 is 0 Å². The summed E-state index contributed by atoms with van der Waals surface area (Å²) in [5, 5.41) is 1.20. The number of hydrogen-bond acceptors (Lipinski definition) is 1. The number of rotatable bonds is 4. The zero-order valence-corrected chi connectivity index (χ0v) is 13.1. The fraction of sp³-hybridized carbons (Fsp3) is 0.263. The van der Waals surface area contributed by atoms with Crippen molar-refractivity contribution < 1.29 is 9.13 Å². The normalized spacial score (nSPS) is 11.3. The zero-order valence-electron chi connectivity index (χ0n) is 13.1. The largest absolute Gasteiger partial charge is 0.486 e. The van der Waals surface area contributed by atoms with Gasteiger partial charge in [0.2, 0.25) is 0 Å². The molecule has 0 spiro atoms. The number of hydrogen-bond donors (Lipinski definition) is 0. The summed E-state index contributed by atoms with van der Waals surface area (Å²) >= 11 is 0. The van der Waals surface area contributed by atoms with Crippen LogP contribution in [0.4, 0.5) is 4.39 Å². The lowest BCUT2D eigenvalue weighted by Crippen LogP contribution is -1.99. The summed E-state index contributed by atoms with van der Waals surface area (Å²) < 4.78 is 21.6. The van der Waals surface area contributed by atoms with Crippen molar-refractivity contribution >= 4 is 10.9 Å². The Morgan fingerprint density at radius 2 is 1.86 bits per heavy atom.